The van der Waals surface area contributed by atoms with Crippen LogP contribution in [0.5, 0.6) is 0 Å². The standard InChI is InChI=1S/C8H11N2/c1-7(8-2-3-8)10-5-4-9-6-10/h5-8H,2-3H2,1H3/t7-/m1/s1. The molecule has 1 fully saturated rings. The van der Waals surface area contributed by atoms with Gasteiger partial charge in [-0.1, -0.05) is 0 Å². The highest BCUT2D eigenvalue weighted by atomic mass is 15.1. The molecule has 0 unspecified atom stereocenters. The average molecular weight is 135 g/mol. The SMILES string of the molecule is C[C@H](C1CC1)n1c[c]nc1. The van der Waals surface area contributed by atoms with Gasteiger partial charge in [0.1, 0.15) is 6.20 Å². The Labute approximate surface area is 60.9 Å². The Bertz CT molecular complexity index is 199. The minimum atomic E-state index is 0.638. The molecule has 0 N–H and O–H groups in total. The Balaban J connectivity index is 2.11. The van der Waals surface area contributed by atoms with Gasteiger partial charge >= 0.3 is 0 Å². The van der Waals surface area contributed by atoms with Gasteiger partial charge in [-0.25, -0.2) is 4.98 Å². The molecule has 0 spiro atoms. The topological polar surface area (TPSA) is 17.8 Å². The van der Waals surface area contributed by atoms with E-state index in [1.807, 2.05) is 12.5 Å². The summed E-state index contributed by atoms with van der Waals surface area (Å²) in [7, 11) is 0. The smallest absolute Gasteiger partial charge is 0.108 e. The van der Waals surface area contributed by atoms with Crippen LogP contribution in [0.4, 0.5) is 0 Å². The van der Waals surface area contributed by atoms with Gasteiger partial charge in [-0.3, -0.25) is 0 Å². The number of rotatable bonds is 2. The van der Waals surface area contributed by atoms with Gasteiger partial charge in [-0.05, 0) is 25.7 Å². The molecule has 1 heterocycles. The van der Waals surface area contributed by atoms with Crippen molar-refractivity contribution in [3.8, 4) is 0 Å². The largest absolute Gasteiger partial charge is 0.334 e. The molecule has 0 bridgehead atoms. The molecule has 1 radical (unpaired) electrons. The molecular weight excluding hydrogens is 124 g/mol. The third-order valence-electron chi connectivity index (χ3n) is 2.25. The molecular formula is C8H11N2. The van der Waals surface area contributed by atoms with Crippen molar-refractivity contribution in [1.29, 1.82) is 0 Å². The summed E-state index contributed by atoms with van der Waals surface area (Å²) in [6.45, 7) is 2.24. The van der Waals surface area contributed by atoms with Crippen molar-refractivity contribution >= 4 is 0 Å². The fraction of sp³-hybridized carbons (Fsp3) is 0.625. The predicted octanol–water partition coefficient (Wildman–Crippen LogP) is 1.65. The van der Waals surface area contributed by atoms with Crippen LogP contribution in [0.1, 0.15) is 25.8 Å². The summed E-state index contributed by atoms with van der Waals surface area (Å²) in [5, 5.41) is 0. The quantitative estimate of drug-likeness (QED) is 0.603. The van der Waals surface area contributed by atoms with Crippen molar-refractivity contribution in [2.75, 3.05) is 0 Å². The van der Waals surface area contributed by atoms with E-state index >= 15 is 0 Å². The summed E-state index contributed by atoms with van der Waals surface area (Å²) in [6, 6.07) is 0.638. The van der Waals surface area contributed by atoms with Crippen molar-refractivity contribution in [2.24, 2.45) is 5.92 Å². The fourth-order valence-corrected chi connectivity index (χ4v) is 1.28. The maximum Gasteiger partial charge on any atom is 0.108 e. The molecule has 2 nitrogen and oxygen atoms in total. The third kappa shape index (κ3) is 0.939. The molecule has 10 heavy (non-hydrogen) atoms. The van der Waals surface area contributed by atoms with E-state index in [1.165, 1.54) is 12.8 Å². The monoisotopic (exact) mass is 135 g/mol. The molecule has 1 saturated carbocycles. The molecule has 1 aliphatic rings. The first-order valence-electron chi connectivity index (χ1n) is 3.77. The van der Waals surface area contributed by atoms with Crippen molar-refractivity contribution < 1.29 is 0 Å². The van der Waals surface area contributed by atoms with Crippen LogP contribution in [0.25, 0.3) is 0 Å². The maximum atomic E-state index is 3.89. The molecule has 1 aromatic rings. The molecule has 2 rings (SSSR count). The van der Waals surface area contributed by atoms with E-state index in [1.54, 1.807) is 0 Å². The third-order valence-corrected chi connectivity index (χ3v) is 2.25. The second-order valence-electron chi connectivity index (χ2n) is 3.03. The minimum Gasteiger partial charge on any atom is -0.334 e. The van der Waals surface area contributed by atoms with Crippen molar-refractivity contribution in [3.05, 3.63) is 18.7 Å². The highest BCUT2D eigenvalue weighted by Crippen LogP contribution is 2.38. The Morgan fingerprint density at radius 2 is 2.50 bits per heavy atom. The zero-order chi connectivity index (χ0) is 6.97. The molecule has 0 aliphatic heterocycles. The van der Waals surface area contributed by atoms with Crippen LogP contribution >= 0.6 is 0 Å². The summed E-state index contributed by atoms with van der Waals surface area (Å²) in [5.41, 5.74) is 0. The molecule has 1 aliphatic carbocycles. The van der Waals surface area contributed by atoms with E-state index in [0.29, 0.717) is 6.04 Å². The van der Waals surface area contributed by atoms with Gasteiger partial charge in [0.25, 0.3) is 0 Å². The Hall–Kier alpha value is -0.790. The van der Waals surface area contributed by atoms with Gasteiger partial charge in [0.15, 0.2) is 0 Å². The Morgan fingerprint density at radius 3 is 3.00 bits per heavy atom. The van der Waals surface area contributed by atoms with E-state index < -0.39 is 0 Å². The first kappa shape index (κ1) is 5.96. The van der Waals surface area contributed by atoms with E-state index in [-0.39, 0.29) is 0 Å². The van der Waals surface area contributed by atoms with E-state index in [9.17, 15) is 0 Å². The predicted molar refractivity (Wildman–Crippen MR) is 38.5 cm³/mol. The van der Waals surface area contributed by atoms with Crippen LogP contribution in [-0.4, -0.2) is 9.55 Å². The molecule has 53 valence electrons. The number of hydrogen-bond acceptors (Lipinski definition) is 1. The van der Waals surface area contributed by atoms with Crippen LogP contribution in [-0.2, 0) is 0 Å². The number of aromatic nitrogens is 2. The van der Waals surface area contributed by atoms with Crippen LogP contribution in [0.3, 0.4) is 0 Å². The second-order valence-corrected chi connectivity index (χ2v) is 3.03. The summed E-state index contributed by atoms with van der Waals surface area (Å²) >= 11 is 0. The highest BCUT2D eigenvalue weighted by Gasteiger charge is 2.28. The number of imidazole rings is 1. The molecule has 0 saturated heterocycles. The van der Waals surface area contributed by atoms with E-state index in [2.05, 4.69) is 22.7 Å². The number of hydrogen-bond donors (Lipinski definition) is 0. The van der Waals surface area contributed by atoms with Crippen molar-refractivity contribution in [2.45, 2.75) is 25.8 Å². The first-order chi connectivity index (χ1) is 4.88. The molecule has 0 aromatic carbocycles. The van der Waals surface area contributed by atoms with E-state index in [4.69, 9.17) is 0 Å². The Morgan fingerprint density at radius 1 is 1.70 bits per heavy atom. The lowest BCUT2D eigenvalue weighted by molar-refractivity contribution is 0.485. The van der Waals surface area contributed by atoms with Gasteiger partial charge in [0, 0.05) is 12.2 Å². The molecule has 2 heteroatoms. The van der Waals surface area contributed by atoms with Crippen molar-refractivity contribution in [1.82, 2.24) is 9.55 Å². The second kappa shape index (κ2) is 2.11. The Kier molecular flexibility index (Phi) is 1.26. The average Bonchev–Trinajstić information content (AvgIpc) is 2.65. The van der Waals surface area contributed by atoms with Gasteiger partial charge < -0.3 is 4.57 Å². The lowest BCUT2D eigenvalue weighted by Gasteiger charge is -2.09. The van der Waals surface area contributed by atoms with Crippen LogP contribution in [0.15, 0.2) is 12.5 Å². The maximum absolute atomic E-state index is 3.89. The first-order valence-corrected chi connectivity index (χ1v) is 3.77. The minimum absolute atomic E-state index is 0.638. The zero-order valence-electron chi connectivity index (χ0n) is 6.12. The van der Waals surface area contributed by atoms with Crippen LogP contribution in [0, 0.1) is 12.1 Å². The highest BCUT2D eigenvalue weighted by molar-refractivity contribution is 4.86. The normalized spacial score (nSPS) is 20.9. The number of nitrogens with zero attached hydrogens (tertiary/aromatic N) is 2. The van der Waals surface area contributed by atoms with Gasteiger partial charge in [0.05, 0.1) is 6.33 Å². The van der Waals surface area contributed by atoms with E-state index in [0.717, 1.165) is 5.92 Å². The van der Waals surface area contributed by atoms with Crippen LogP contribution in [0.2, 0.25) is 0 Å². The van der Waals surface area contributed by atoms with Gasteiger partial charge in [0.2, 0.25) is 0 Å². The molecule has 0 amide bonds. The van der Waals surface area contributed by atoms with Crippen LogP contribution < -0.4 is 0 Å². The summed E-state index contributed by atoms with van der Waals surface area (Å²) < 4.78 is 2.14. The lowest BCUT2D eigenvalue weighted by Crippen LogP contribution is -2.03. The molecule has 1 aromatic heterocycles. The lowest BCUT2D eigenvalue weighted by atomic mass is 10.2. The zero-order valence-corrected chi connectivity index (χ0v) is 6.12. The summed E-state index contributed by atoms with van der Waals surface area (Å²) in [4.78, 5) is 3.89. The summed E-state index contributed by atoms with van der Waals surface area (Å²) in [6.07, 6.45) is 9.35. The summed E-state index contributed by atoms with van der Waals surface area (Å²) in [5.74, 6) is 0.905. The van der Waals surface area contributed by atoms with Gasteiger partial charge in [-0.15, -0.1) is 0 Å². The molecule has 1 atom stereocenters. The fourth-order valence-electron chi connectivity index (χ4n) is 1.28. The van der Waals surface area contributed by atoms with Gasteiger partial charge in [-0.2, -0.15) is 0 Å². The van der Waals surface area contributed by atoms with Crippen molar-refractivity contribution in [3.63, 3.8) is 0 Å².